The van der Waals surface area contributed by atoms with Crippen LogP contribution >= 0.6 is 0 Å². The van der Waals surface area contributed by atoms with Gasteiger partial charge in [0.1, 0.15) is 12.4 Å². The number of hydrogen-bond acceptors (Lipinski definition) is 5. The molecular formula is C17H25N3O3. The Kier molecular flexibility index (Phi) is 5.48. The second-order valence-electron chi connectivity index (χ2n) is 6.28. The summed E-state index contributed by atoms with van der Waals surface area (Å²) >= 11 is 0. The summed E-state index contributed by atoms with van der Waals surface area (Å²) in [5.41, 5.74) is 1.18. The molecule has 23 heavy (non-hydrogen) atoms. The van der Waals surface area contributed by atoms with Gasteiger partial charge in [-0.2, -0.15) is 5.10 Å². The fourth-order valence-corrected chi connectivity index (χ4v) is 3.14. The smallest absolute Gasteiger partial charge is 0.129 e. The van der Waals surface area contributed by atoms with Crippen molar-refractivity contribution in [3.8, 4) is 0 Å². The van der Waals surface area contributed by atoms with E-state index in [1.165, 1.54) is 12.0 Å². The molecule has 6 nitrogen and oxygen atoms in total. The number of aromatic nitrogens is 2. The van der Waals surface area contributed by atoms with Crippen LogP contribution < -0.4 is 0 Å². The number of aryl methyl sites for hydroxylation is 1. The predicted octanol–water partition coefficient (Wildman–Crippen LogP) is 1.83. The lowest BCUT2D eigenvalue weighted by atomic mass is 10.2. The fraction of sp³-hybridized carbons (Fsp3) is 0.588. The molecule has 0 saturated carbocycles. The van der Waals surface area contributed by atoms with Crippen LogP contribution in [0, 0.1) is 6.92 Å². The summed E-state index contributed by atoms with van der Waals surface area (Å²) in [6.45, 7) is 5.33. The van der Waals surface area contributed by atoms with Gasteiger partial charge in [0, 0.05) is 18.8 Å². The van der Waals surface area contributed by atoms with Crippen LogP contribution in [0.3, 0.4) is 0 Å². The Labute approximate surface area is 136 Å². The Bertz CT molecular complexity index is 582. The second-order valence-corrected chi connectivity index (χ2v) is 6.28. The number of ether oxygens (including phenoxy) is 1. The standard InChI is InChI=1S/C17H25N3O3/c1-14-8-18-20(9-14)10-15-4-2-6-19(15)11-16(21)12-22-13-17-5-3-7-23-17/h3,5,7-9,15-16,21H,2,4,6,10-13H2,1H3/t15-,16-/m1/s1. The molecule has 0 spiro atoms. The maximum absolute atomic E-state index is 10.2. The van der Waals surface area contributed by atoms with Crippen LogP contribution in [-0.2, 0) is 17.9 Å². The van der Waals surface area contributed by atoms with Crippen LogP contribution in [0.2, 0.25) is 0 Å². The van der Waals surface area contributed by atoms with Crippen LogP contribution in [0.4, 0.5) is 0 Å². The molecule has 2 aromatic rings. The molecule has 0 aromatic carbocycles. The maximum Gasteiger partial charge on any atom is 0.129 e. The molecule has 1 saturated heterocycles. The highest BCUT2D eigenvalue weighted by atomic mass is 16.5. The van der Waals surface area contributed by atoms with Crippen molar-refractivity contribution in [2.45, 2.75) is 45.1 Å². The number of furan rings is 1. The van der Waals surface area contributed by atoms with E-state index in [1.54, 1.807) is 6.26 Å². The highest BCUT2D eigenvalue weighted by Crippen LogP contribution is 2.19. The van der Waals surface area contributed by atoms with Crippen molar-refractivity contribution in [3.63, 3.8) is 0 Å². The zero-order valence-corrected chi connectivity index (χ0v) is 13.6. The minimum absolute atomic E-state index is 0.324. The number of aliphatic hydroxyl groups is 1. The third-order valence-corrected chi connectivity index (χ3v) is 4.24. The molecule has 1 N–H and O–H groups in total. The van der Waals surface area contributed by atoms with E-state index in [2.05, 4.69) is 23.1 Å². The highest BCUT2D eigenvalue weighted by Gasteiger charge is 2.26. The van der Waals surface area contributed by atoms with Crippen molar-refractivity contribution in [2.75, 3.05) is 19.7 Å². The zero-order valence-electron chi connectivity index (χ0n) is 13.6. The Hall–Kier alpha value is -1.63. The first-order valence-electron chi connectivity index (χ1n) is 8.22. The van der Waals surface area contributed by atoms with Crippen molar-refractivity contribution >= 4 is 0 Å². The van der Waals surface area contributed by atoms with Crippen LogP contribution in [0.15, 0.2) is 35.2 Å². The third-order valence-electron chi connectivity index (χ3n) is 4.24. The van der Waals surface area contributed by atoms with Gasteiger partial charge in [-0.1, -0.05) is 0 Å². The number of nitrogens with zero attached hydrogens (tertiary/aromatic N) is 3. The van der Waals surface area contributed by atoms with Crippen LogP contribution in [0.5, 0.6) is 0 Å². The third kappa shape index (κ3) is 4.67. The normalized spacial score (nSPS) is 20.2. The number of aliphatic hydroxyl groups excluding tert-OH is 1. The van der Waals surface area contributed by atoms with Gasteiger partial charge in [0.05, 0.1) is 31.7 Å². The summed E-state index contributed by atoms with van der Waals surface area (Å²) in [5, 5.41) is 14.6. The molecule has 0 amide bonds. The molecule has 1 aliphatic rings. The molecule has 0 unspecified atom stereocenters. The molecule has 0 radical (unpaired) electrons. The lowest BCUT2D eigenvalue weighted by Crippen LogP contribution is -2.40. The number of β-amino-alcohol motifs (C(OH)–C–C–N with tert-alkyl or cyclic N) is 1. The SMILES string of the molecule is Cc1cnn(C[C@H]2CCCN2C[C@@H](O)COCc2ccco2)c1. The average Bonchev–Trinajstić information content (AvgIpc) is 3.24. The summed E-state index contributed by atoms with van der Waals surface area (Å²) in [6.07, 6.45) is 7.42. The Morgan fingerprint density at radius 3 is 3.17 bits per heavy atom. The van der Waals surface area contributed by atoms with E-state index in [0.717, 1.165) is 25.3 Å². The van der Waals surface area contributed by atoms with E-state index < -0.39 is 6.10 Å². The summed E-state index contributed by atoms with van der Waals surface area (Å²) < 4.78 is 12.7. The number of hydrogen-bond donors (Lipinski definition) is 1. The first-order valence-corrected chi connectivity index (χ1v) is 8.22. The highest BCUT2D eigenvalue weighted by molar-refractivity contribution is 5.00. The van der Waals surface area contributed by atoms with E-state index in [1.807, 2.05) is 23.0 Å². The van der Waals surface area contributed by atoms with Gasteiger partial charge in [-0.15, -0.1) is 0 Å². The van der Waals surface area contributed by atoms with Crippen molar-refractivity contribution in [3.05, 3.63) is 42.1 Å². The molecule has 0 bridgehead atoms. The average molecular weight is 319 g/mol. The predicted molar refractivity (Wildman–Crippen MR) is 85.9 cm³/mol. The van der Waals surface area contributed by atoms with Gasteiger partial charge in [0.15, 0.2) is 0 Å². The van der Waals surface area contributed by atoms with Gasteiger partial charge in [0.25, 0.3) is 0 Å². The van der Waals surface area contributed by atoms with Crippen LogP contribution in [-0.4, -0.2) is 51.6 Å². The van der Waals surface area contributed by atoms with Crippen LogP contribution in [0.1, 0.15) is 24.2 Å². The van der Waals surface area contributed by atoms with E-state index >= 15 is 0 Å². The lowest BCUT2D eigenvalue weighted by molar-refractivity contribution is 0.00213. The van der Waals surface area contributed by atoms with Crippen molar-refractivity contribution in [1.29, 1.82) is 0 Å². The molecule has 3 rings (SSSR count). The molecule has 2 aromatic heterocycles. The zero-order chi connectivity index (χ0) is 16.1. The second kappa shape index (κ2) is 7.77. The molecule has 126 valence electrons. The lowest BCUT2D eigenvalue weighted by Gasteiger charge is -2.26. The van der Waals surface area contributed by atoms with E-state index in [4.69, 9.17) is 9.15 Å². The monoisotopic (exact) mass is 319 g/mol. The number of likely N-dealkylation sites (tertiary alicyclic amines) is 1. The van der Waals surface area contributed by atoms with E-state index in [0.29, 0.717) is 25.8 Å². The van der Waals surface area contributed by atoms with Gasteiger partial charge in [-0.05, 0) is 44.0 Å². The summed E-state index contributed by atoms with van der Waals surface area (Å²) in [7, 11) is 0. The summed E-state index contributed by atoms with van der Waals surface area (Å²) in [4.78, 5) is 2.35. The summed E-state index contributed by atoms with van der Waals surface area (Å²) in [5.74, 6) is 0.783. The minimum atomic E-state index is -0.482. The molecule has 1 aliphatic heterocycles. The van der Waals surface area contributed by atoms with Crippen molar-refractivity contribution in [2.24, 2.45) is 0 Å². The summed E-state index contributed by atoms with van der Waals surface area (Å²) in [6, 6.07) is 4.14. The topological polar surface area (TPSA) is 63.7 Å². The molecule has 0 aliphatic carbocycles. The maximum atomic E-state index is 10.2. The Balaban J connectivity index is 1.42. The van der Waals surface area contributed by atoms with Crippen molar-refractivity contribution < 1.29 is 14.3 Å². The van der Waals surface area contributed by atoms with Gasteiger partial charge < -0.3 is 14.3 Å². The molecule has 2 atom stereocenters. The Morgan fingerprint density at radius 1 is 1.52 bits per heavy atom. The van der Waals surface area contributed by atoms with Gasteiger partial charge in [-0.25, -0.2) is 0 Å². The fourth-order valence-electron chi connectivity index (χ4n) is 3.14. The van der Waals surface area contributed by atoms with E-state index in [9.17, 15) is 5.11 Å². The number of rotatable bonds is 8. The largest absolute Gasteiger partial charge is 0.467 e. The van der Waals surface area contributed by atoms with Gasteiger partial charge in [-0.3, -0.25) is 9.58 Å². The molecule has 3 heterocycles. The first kappa shape index (κ1) is 16.2. The van der Waals surface area contributed by atoms with Gasteiger partial charge >= 0.3 is 0 Å². The van der Waals surface area contributed by atoms with E-state index in [-0.39, 0.29) is 0 Å². The quantitative estimate of drug-likeness (QED) is 0.804. The Morgan fingerprint density at radius 2 is 2.43 bits per heavy atom. The van der Waals surface area contributed by atoms with Gasteiger partial charge in [0.2, 0.25) is 0 Å². The van der Waals surface area contributed by atoms with Crippen molar-refractivity contribution in [1.82, 2.24) is 14.7 Å². The van der Waals surface area contributed by atoms with Crippen LogP contribution in [0.25, 0.3) is 0 Å². The first-order chi connectivity index (χ1) is 11.2. The molecular weight excluding hydrogens is 294 g/mol. The molecule has 6 heteroatoms. The molecule has 1 fully saturated rings. The minimum Gasteiger partial charge on any atom is -0.467 e.